The summed E-state index contributed by atoms with van der Waals surface area (Å²) in [5, 5.41) is 0.273. The van der Waals surface area contributed by atoms with E-state index in [-0.39, 0.29) is 20.9 Å². The zero-order valence-corrected chi connectivity index (χ0v) is 14.1. The number of anilines is 1. The molecule has 0 aliphatic carbocycles. The minimum atomic E-state index is -3.86. The summed E-state index contributed by atoms with van der Waals surface area (Å²) in [6.07, 6.45) is 1.10. The summed E-state index contributed by atoms with van der Waals surface area (Å²) in [7, 11) is -3.86. The lowest BCUT2D eigenvalue weighted by molar-refractivity contribution is 0.601. The van der Waals surface area contributed by atoms with E-state index >= 15 is 0 Å². The van der Waals surface area contributed by atoms with Gasteiger partial charge in [0.05, 0.1) is 9.92 Å². The summed E-state index contributed by atoms with van der Waals surface area (Å²) in [5.74, 6) is -0.0993. The Morgan fingerprint density at radius 1 is 1.15 bits per heavy atom. The number of nitrogens with zero attached hydrogens (tertiary/aromatic N) is 2. The highest BCUT2D eigenvalue weighted by Crippen LogP contribution is 2.29. The Kier molecular flexibility index (Phi) is 4.76. The van der Waals surface area contributed by atoms with Gasteiger partial charge in [-0.15, -0.1) is 0 Å². The third-order valence-corrected chi connectivity index (χ3v) is 5.47. The summed E-state index contributed by atoms with van der Waals surface area (Å²) >= 11 is 20.5. The van der Waals surface area contributed by atoms with Gasteiger partial charge in [0.1, 0.15) is 11.3 Å². The van der Waals surface area contributed by atoms with Gasteiger partial charge >= 0.3 is 0 Å². The van der Waals surface area contributed by atoms with Crippen LogP contribution >= 0.6 is 50.7 Å². The maximum atomic E-state index is 12.2. The van der Waals surface area contributed by atoms with Crippen LogP contribution in [-0.2, 0) is 10.0 Å². The third kappa shape index (κ3) is 3.35. The van der Waals surface area contributed by atoms with Crippen LogP contribution in [0.2, 0.25) is 15.2 Å². The Labute approximate surface area is 138 Å². The molecule has 1 N–H and O–H groups in total. The lowest BCUT2D eigenvalue weighted by atomic mass is 10.4. The van der Waals surface area contributed by atoms with Crippen molar-refractivity contribution in [2.75, 3.05) is 4.72 Å². The number of nitrogens with one attached hydrogen (secondary N) is 1. The Morgan fingerprint density at radius 2 is 1.85 bits per heavy atom. The molecule has 10 heteroatoms. The van der Waals surface area contributed by atoms with E-state index in [2.05, 4.69) is 30.6 Å². The molecule has 0 bridgehead atoms. The average molecular weight is 417 g/mol. The van der Waals surface area contributed by atoms with Gasteiger partial charge in [-0.25, -0.2) is 18.4 Å². The molecule has 0 saturated heterocycles. The summed E-state index contributed by atoms with van der Waals surface area (Å²) in [6, 6.07) is 4.17. The summed E-state index contributed by atoms with van der Waals surface area (Å²) < 4.78 is 27.1. The molecule has 0 unspecified atom stereocenters. The molecule has 106 valence electrons. The van der Waals surface area contributed by atoms with E-state index in [1.165, 1.54) is 18.2 Å². The van der Waals surface area contributed by atoms with E-state index in [1.54, 1.807) is 0 Å². The fourth-order valence-electron chi connectivity index (χ4n) is 1.25. The largest absolute Gasteiger partial charge is 0.263 e. The molecule has 0 amide bonds. The molecule has 0 aliphatic heterocycles. The van der Waals surface area contributed by atoms with Gasteiger partial charge in [0.2, 0.25) is 0 Å². The molecule has 0 spiro atoms. The quantitative estimate of drug-likeness (QED) is 0.767. The van der Waals surface area contributed by atoms with Crippen LogP contribution in [0.5, 0.6) is 0 Å². The maximum Gasteiger partial charge on any atom is 0.263 e. The first-order valence-electron chi connectivity index (χ1n) is 4.95. The minimum absolute atomic E-state index is 0.000392. The SMILES string of the molecule is O=S(=O)(Nc1ncnc(Cl)c1Cl)c1ccc(Cl)c(Br)c1. The van der Waals surface area contributed by atoms with Crippen molar-refractivity contribution in [1.29, 1.82) is 0 Å². The molecule has 0 saturated carbocycles. The lowest BCUT2D eigenvalue weighted by Gasteiger charge is -2.09. The van der Waals surface area contributed by atoms with Crippen LogP contribution in [-0.4, -0.2) is 18.4 Å². The number of aromatic nitrogens is 2. The molecule has 1 aromatic carbocycles. The molecule has 2 aromatic rings. The molecular weight excluding hydrogens is 412 g/mol. The monoisotopic (exact) mass is 415 g/mol. The molecule has 0 aliphatic rings. The third-order valence-electron chi connectivity index (χ3n) is 2.18. The zero-order valence-electron chi connectivity index (χ0n) is 9.44. The first-order valence-corrected chi connectivity index (χ1v) is 8.36. The number of hydrogen-bond acceptors (Lipinski definition) is 4. The Balaban J connectivity index is 2.41. The van der Waals surface area contributed by atoms with Crippen molar-refractivity contribution >= 4 is 66.6 Å². The van der Waals surface area contributed by atoms with Gasteiger partial charge in [0, 0.05) is 4.47 Å². The second kappa shape index (κ2) is 6.03. The van der Waals surface area contributed by atoms with Crippen molar-refractivity contribution in [2.45, 2.75) is 4.90 Å². The summed E-state index contributed by atoms with van der Waals surface area (Å²) in [4.78, 5) is 7.36. The molecule has 20 heavy (non-hydrogen) atoms. The summed E-state index contributed by atoms with van der Waals surface area (Å²) in [5.41, 5.74) is 0. The van der Waals surface area contributed by atoms with Crippen molar-refractivity contribution < 1.29 is 8.42 Å². The molecule has 1 aromatic heterocycles. The average Bonchev–Trinajstić information content (AvgIpc) is 2.38. The Hall–Kier alpha value is -0.600. The van der Waals surface area contributed by atoms with Crippen LogP contribution in [0.1, 0.15) is 0 Å². The van der Waals surface area contributed by atoms with E-state index in [0.717, 1.165) is 6.33 Å². The predicted molar refractivity (Wildman–Crippen MR) is 82.0 cm³/mol. The Morgan fingerprint density at radius 3 is 2.50 bits per heavy atom. The highest BCUT2D eigenvalue weighted by atomic mass is 79.9. The molecule has 2 rings (SSSR count). The smallest absolute Gasteiger partial charge is 0.262 e. The van der Waals surface area contributed by atoms with E-state index in [4.69, 9.17) is 34.8 Å². The predicted octanol–water partition coefficient (Wildman–Crippen LogP) is 4.00. The fraction of sp³-hybridized carbons (Fsp3) is 0. The van der Waals surface area contributed by atoms with Gasteiger partial charge in [0.15, 0.2) is 11.0 Å². The van der Waals surface area contributed by atoms with Crippen molar-refractivity contribution in [2.24, 2.45) is 0 Å². The van der Waals surface area contributed by atoms with Gasteiger partial charge in [-0.3, -0.25) is 4.72 Å². The lowest BCUT2D eigenvalue weighted by Crippen LogP contribution is -2.14. The second-order valence-electron chi connectivity index (χ2n) is 3.51. The molecule has 1 heterocycles. The van der Waals surface area contributed by atoms with E-state index in [0.29, 0.717) is 9.50 Å². The molecule has 0 fully saturated rings. The molecule has 0 atom stereocenters. The molecule has 5 nitrogen and oxygen atoms in total. The highest BCUT2D eigenvalue weighted by Gasteiger charge is 2.19. The Bertz CT molecular complexity index is 770. The van der Waals surface area contributed by atoms with Crippen molar-refractivity contribution in [3.63, 3.8) is 0 Å². The van der Waals surface area contributed by atoms with Gasteiger partial charge in [0.25, 0.3) is 10.0 Å². The number of sulfonamides is 1. The molecule has 0 radical (unpaired) electrons. The van der Waals surface area contributed by atoms with Crippen molar-refractivity contribution in [1.82, 2.24) is 9.97 Å². The number of rotatable bonds is 3. The van der Waals surface area contributed by atoms with Gasteiger partial charge in [-0.05, 0) is 34.1 Å². The first-order chi connectivity index (χ1) is 9.31. The standard InChI is InChI=1S/C10H5BrCl3N3O2S/c11-6-3-5(1-2-7(6)12)20(18,19)17-10-8(13)9(14)15-4-16-10/h1-4H,(H,15,16,17). The maximum absolute atomic E-state index is 12.2. The van der Waals surface area contributed by atoms with Gasteiger partial charge < -0.3 is 0 Å². The van der Waals surface area contributed by atoms with Crippen LogP contribution in [0, 0.1) is 0 Å². The summed E-state index contributed by atoms with van der Waals surface area (Å²) in [6.45, 7) is 0. The van der Waals surface area contributed by atoms with Gasteiger partial charge in [-0.2, -0.15) is 0 Å². The second-order valence-corrected chi connectivity index (χ2v) is 7.19. The van der Waals surface area contributed by atoms with Crippen LogP contribution in [0.25, 0.3) is 0 Å². The number of halogens is 4. The minimum Gasteiger partial charge on any atom is -0.262 e. The van der Waals surface area contributed by atoms with Gasteiger partial charge in [-0.1, -0.05) is 34.8 Å². The number of benzene rings is 1. The topological polar surface area (TPSA) is 72.0 Å². The zero-order chi connectivity index (χ0) is 14.9. The van der Waals surface area contributed by atoms with Crippen LogP contribution in [0.3, 0.4) is 0 Å². The van der Waals surface area contributed by atoms with Crippen molar-refractivity contribution in [3.05, 3.63) is 44.2 Å². The van der Waals surface area contributed by atoms with Crippen LogP contribution in [0.4, 0.5) is 5.82 Å². The fourth-order valence-corrected chi connectivity index (χ4v) is 3.28. The normalized spacial score (nSPS) is 11.4. The van der Waals surface area contributed by atoms with Crippen LogP contribution < -0.4 is 4.72 Å². The van der Waals surface area contributed by atoms with E-state index in [1.807, 2.05) is 0 Å². The number of hydrogen-bond donors (Lipinski definition) is 1. The van der Waals surface area contributed by atoms with Crippen molar-refractivity contribution in [3.8, 4) is 0 Å². The molecular formula is C10H5BrCl3N3O2S. The first kappa shape index (κ1) is 15.8. The van der Waals surface area contributed by atoms with E-state index in [9.17, 15) is 8.42 Å². The van der Waals surface area contributed by atoms with Crippen LogP contribution in [0.15, 0.2) is 33.9 Å². The van der Waals surface area contributed by atoms with E-state index < -0.39 is 10.0 Å². The highest BCUT2D eigenvalue weighted by molar-refractivity contribution is 9.10.